The molecule has 2 rings (SSSR count). The maximum atomic E-state index is 12.3. The molecule has 1 fully saturated rings. The van der Waals surface area contributed by atoms with E-state index in [4.69, 9.17) is 16.4 Å². The molecule has 18 heavy (non-hydrogen) atoms. The molecule has 98 valence electrons. The fourth-order valence-corrected chi connectivity index (χ4v) is 2.76. The Morgan fingerprint density at radius 2 is 1.94 bits per heavy atom. The molecule has 0 aliphatic heterocycles. The summed E-state index contributed by atoms with van der Waals surface area (Å²) < 4.78 is 0. The van der Waals surface area contributed by atoms with Gasteiger partial charge in [-0.05, 0) is 37.5 Å². The minimum absolute atomic E-state index is 0.0378. The monoisotopic (exact) mass is 267 g/mol. The molecule has 3 nitrogen and oxygen atoms in total. The second-order valence-electron chi connectivity index (χ2n) is 4.66. The predicted octanol–water partition coefficient (Wildman–Crippen LogP) is 3.22. The number of amides is 1. The van der Waals surface area contributed by atoms with Gasteiger partial charge in [0.05, 0.1) is 12.0 Å². The molecule has 1 aliphatic rings. The third kappa shape index (κ3) is 2.52. The summed E-state index contributed by atoms with van der Waals surface area (Å²) in [5, 5.41) is 0.692. The van der Waals surface area contributed by atoms with Gasteiger partial charge in [-0.1, -0.05) is 36.6 Å². The maximum absolute atomic E-state index is 12.3. The topological polar surface area (TPSA) is 38.3 Å². The van der Waals surface area contributed by atoms with E-state index in [1.165, 1.54) is 0 Å². The molecule has 0 heterocycles. The standard InChI is InChI=1S/C14H18ClNO2/c1-2-18-16-13(17)14(9-3-4-10-14)11-5-7-12(15)8-6-11/h5-8H,2-4,9-10H2,1H3,(H,16,17). The zero-order valence-corrected chi connectivity index (χ0v) is 11.3. The molecule has 0 radical (unpaired) electrons. The fraction of sp³-hybridized carbons (Fsp3) is 0.500. The summed E-state index contributed by atoms with van der Waals surface area (Å²) in [6.07, 6.45) is 3.88. The molecule has 1 N–H and O–H groups in total. The normalized spacial score (nSPS) is 17.7. The third-order valence-corrected chi connectivity index (χ3v) is 3.85. The van der Waals surface area contributed by atoms with E-state index in [9.17, 15) is 4.79 Å². The van der Waals surface area contributed by atoms with E-state index in [0.29, 0.717) is 11.6 Å². The fourth-order valence-electron chi connectivity index (χ4n) is 2.63. The maximum Gasteiger partial charge on any atom is 0.254 e. The van der Waals surface area contributed by atoms with Gasteiger partial charge in [-0.15, -0.1) is 0 Å². The first-order valence-electron chi connectivity index (χ1n) is 6.37. The van der Waals surface area contributed by atoms with Crippen LogP contribution in [-0.4, -0.2) is 12.5 Å². The smallest absolute Gasteiger partial charge is 0.254 e. The van der Waals surface area contributed by atoms with Gasteiger partial charge in [0.2, 0.25) is 0 Å². The van der Waals surface area contributed by atoms with E-state index >= 15 is 0 Å². The van der Waals surface area contributed by atoms with Gasteiger partial charge in [-0.2, -0.15) is 0 Å². The van der Waals surface area contributed by atoms with E-state index < -0.39 is 5.41 Å². The van der Waals surface area contributed by atoms with Crippen LogP contribution in [0.2, 0.25) is 5.02 Å². The molecule has 0 spiro atoms. The molecular weight excluding hydrogens is 250 g/mol. The van der Waals surface area contributed by atoms with Gasteiger partial charge in [0.1, 0.15) is 0 Å². The molecule has 1 aromatic carbocycles. The van der Waals surface area contributed by atoms with Crippen LogP contribution in [0, 0.1) is 0 Å². The van der Waals surface area contributed by atoms with Gasteiger partial charge in [-0.25, -0.2) is 5.48 Å². The van der Waals surface area contributed by atoms with Gasteiger partial charge in [0, 0.05) is 5.02 Å². The van der Waals surface area contributed by atoms with Crippen LogP contribution in [0.1, 0.15) is 38.2 Å². The predicted molar refractivity (Wildman–Crippen MR) is 71.4 cm³/mol. The van der Waals surface area contributed by atoms with E-state index in [1.54, 1.807) is 0 Å². The van der Waals surface area contributed by atoms with Crippen LogP contribution in [-0.2, 0) is 15.0 Å². The second-order valence-corrected chi connectivity index (χ2v) is 5.10. The van der Waals surface area contributed by atoms with Crippen molar-refractivity contribution in [3.63, 3.8) is 0 Å². The number of hydrogen-bond donors (Lipinski definition) is 1. The van der Waals surface area contributed by atoms with E-state index in [1.807, 2.05) is 31.2 Å². The Bertz CT molecular complexity index is 410. The van der Waals surface area contributed by atoms with E-state index in [-0.39, 0.29) is 5.91 Å². The first-order chi connectivity index (χ1) is 8.69. The Kier molecular flexibility index (Phi) is 4.25. The quantitative estimate of drug-likeness (QED) is 0.851. The molecule has 1 aromatic rings. The molecule has 4 heteroatoms. The number of nitrogens with one attached hydrogen (secondary N) is 1. The highest BCUT2D eigenvalue weighted by Crippen LogP contribution is 2.41. The van der Waals surface area contributed by atoms with Crippen LogP contribution in [0.4, 0.5) is 0 Å². The Morgan fingerprint density at radius 1 is 1.33 bits per heavy atom. The lowest BCUT2D eigenvalue weighted by molar-refractivity contribution is -0.139. The molecule has 0 atom stereocenters. The van der Waals surface area contributed by atoms with Gasteiger partial charge in [0.15, 0.2) is 0 Å². The Balaban J connectivity index is 2.26. The number of rotatable bonds is 4. The van der Waals surface area contributed by atoms with Gasteiger partial charge < -0.3 is 0 Å². The molecule has 0 saturated heterocycles. The number of carbonyl (C=O) groups is 1. The van der Waals surface area contributed by atoms with Crippen molar-refractivity contribution >= 4 is 17.5 Å². The first kappa shape index (κ1) is 13.4. The molecule has 0 bridgehead atoms. The van der Waals surface area contributed by atoms with E-state index in [0.717, 1.165) is 31.2 Å². The summed E-state index contributed by atoms with van der Waals surface area (Å²) in [5.74, 6) is -0.0378. The summed E-state index contributed by atoms with van der Waals surface area (Å²) in [4.78, 5) is 17.4. The highest BCUT2D eigenvalue weighted by molar-refractivity contribution is 6.30. The van der Waals surface area contributed by atoms with Crippen LogP contribution < -0.4 is 5.48 Å². The average molecular weight is 268 g/mol. The largest absolute Gasteiger partial charge is 0.274 e. The van der Waals surface area contributed by atoms with Gasteiger partial charge >= 0.3 is 0 Å². The zero-order chi connectivity index (χ0) is 13.0. The molecule has 1 saturated carbocycles. The number of benzene rings is 1. The van der Waals surface area contributed by atoms with Crippen molar-refractivity contribution < 1.29 is 9.63 Å². The lowest BCUT2D eigenvalue weighted by Crippen LogP contribution is -2.42. The molecular formula is C14H18ClNO2. The molecule has 0 aromatic heterocycles. The molecule has 1 aliphatic carbocycles. The Labute approximate surface area is 112 Å². The number of hydroxylamine groups is 1. The van der Waals surface area contributed by atoms with Crippen LogP contribution >= 0.6 is 11.6 Å². The SMILES string of the molecule is CCONC(=O)C1(c2ccc(Cl)cc2)CCCC1. The van der Waals surface area contributed by atoms with Crippen molar-refractivity contribution in [1.82, 2.24) is 5.48 Å². The minimum atomic E-state index is -0.445. The average Bonchev–Trinajstić information content (AvgIpc) is 2.87. The van der Waals surface area contributed by atoms with Crippen molar-refractivity contribution in [1.29, 1.82) is 0 Å². The summed E-state index contributed by atoms with van der Waals surface area (Å²) in [6.45, 7) is 2.33. The van der Waals surface area contributed by atoms with Crippen LogP contribution in [0.25, 0.3) is 0 Å². The van der Waals surface area contributed by atoms with Crippen molar-refractivity contribution in [2.24, 2.45) is 0 Å². The number of hydrogen-bond acceptors (Lipinski definition) is 2. The molecule has 0 unspecified atom stereocenters. The highest BCUT2D eigenvalue weighted by Gasteiger charge is 2.42. The van der Waals surface area contributed by atoms with Crippen LogP contribution in [0.15, 0.2) is 24.3 Å². The second kappa shape index (κ2) is 5.72. The van der Waals surface area contributed by atoms with Gasteiger partial charge in [0.25, 0.3) is 5.91 Å². The van der Waals surface area contributed by atoms with Crippen molar-refractivity contribution in [3.8, 4) is 0 Å². The van der Waals surface area contributed by atoms with Crippen LogP contribution in [0.3, 0.4) is 0 Å². The highest BCUT2D eigenvalue weighted by atomic mass is 35.5. The van der Waals surface area contributed by atoms with E-state index in [2.05, 4.69) is 5.48 Å². The lowest BCUT2D eigenvalue weighted by Gasteiger charge is -2.27. The summed E-state index contributed by atoms with van der Waals surface area (Å²) in [6, 6.07) is 7.56. The Hall–Kier alpha value is -1.06. The summed E-state index contributed by atoms with van der Waals surface area (Å²) in [5.41, 5.74) is 3.14. The van der Waals surface area contributed by atoms with Crippen LogP contribution in [0.5, 0.6) is 0 Å². The summed E-state index contributed by atoms with van der Waals surface area (Å²) in [7, 11) is 0. The summed E-state index contributed by atoms with van der Waals surface area (Å²) >= 11 is 5.90. The lowest BCUT2D eigenvalue weighted by atomic mass is 9.78. The van der Waals surface area contributed by atoms with Crippen molar-refractivity contribution in [2.45, 2.75) is 38.0 Å². The van der Waals surface area contributed by atoms with Crippen molar-refractivity contribution in [3.05, 3.63) is 34.9 Å². The van der Waals surface area contributed by atoms with Gasteiger partial charge in [-0.3, -0.25) is 9.63 Å². The molecule has 1 amide bonds. The number of halogens is 1. The third-order valence-electron chi connectivity index (χ3n) is 3.60. The first-order valence-corrected chi connectivity index (χ1v) is 6.75. The zero-order valence-electron chi connectivity index (χ0n) is 10.5. The Morgan fingerprint density at radius 3 is 2.50 bits per heavy atom. The van der Waals surface area contributed by atoms with Crippen molar-refractivity contribution in [2.75, 3.05) is 6.61 Å². The number of carbonyl (C=O) groups excluding carboxylic acids is 1. The minimum Gasteiger partial charge on any atom is -0.274 e.